The van der Waals surface area contributed by atoms with Crippen LogP contribution in [-0.2, 0) is 0 Å². The summed E-state index contributed by atoms with van der Waals surface area (Å²) in [7, 11) is 1.72. The highest BCUT2D eigenvalue weighted by molar-refractivity contribution is 6.21. The van der Waals surface area contributed by atoms with Crippen molar-refractivity contribution in [2.75, 3.05) is 24.2 Å². The third-order valence-electron chi connectivity index (χ3n) is 4.89. The number of rotatable bonds is 6. The second-order valence-electron chi connectivity index (χ2n) is 7.05. The standard InChI is InChI=1S/C24H20FN5O2/c1-26-21-16(15-27-24(29-21)28-18-10-7-9-17(25)14-18)8-3-2-6-13-30-22(31)19-11-4-5-12-20(19)23(30)32/h4-5,7,9-12,14-15H,2,6,13H2,1H3,(H2,26,27,28,29). The number of nitrogens with zero attached hydrogens (tertiary/aromatic N) is 3. The number of carbonyl (C=O) groups is 2. The fourth-order valence-electron chi connectivity index (χ4n) is 3.34. The lowest BCUT2D eigenvalue weighted by atomic mass is 10.1. The molecule has 4 rings (SSSR count). The number of imide groups is 1. The van der Waals surface area contributed by atoms with Crippen LogP contribution < -0.4 is 10.6 Å². The Balaban J connectivity index is 1.36. The molecule has 3 aromatic rings. The molecular formula is C24H20FN5O2. The molecule has 2 amide bonds. The summed E-state index contributed by atoms with van der Waals surface area (Å²) < 4.78 is 13.3. The van der Waals surface area contributed by atoms with Crippen molar-refractivity contribution in [3.8, 4) is 11.8 Å². The van der Waals surface area contributed by atoms with Crippen LogP contribution >= 0.6 is 0 Å². The van der Waals surface area contributed by atoms with Crippen LogP contribution in [0.5, 0.6) is 0 Å². The number of fused-ring (bicyclic) bond motifs is 1. The Bertz CT molecular complexity index is 1210. The molecule has 7 nitrogen and oxygen atoms in total. The molecule has 2 N–H and O–H groups in total. The number of hydrogen-bond donors (Lipinski definition) is 2. The first kappa shape index (κ1) is 21.0. The molecule has 0 radical (unpaired) electrons. The average Bonchev–Trinajstić information content (AvgIpc) is 3.04. The molecule has 0 bridgehead atoms. The van der Waals surface area contributed by atoms with Gasteiger partial charge in [0.15, 0.2) is 0 Å². The van der Waals surface area contributed by atoms with Crippen molar-refractivity contribution in [3.05, 3.63) is 77.2 Å². The number of hydrogen-bond acceptors (Lipinski definition) is 6. The minimum atomic E-state index is -0.354. The average molecular weight is 429 g/mol. The van der Waals surface area contributed by atoms with Crippen molar-refractivity contribution >= 4 is 29.3 Å². The summed E-state index contributed by atoms with van der Waals surface area (Å²) in [6, 6.07) is 12.9. The van der Waals surface area contributed by atoms with Gasteiger partial charge in [-0.2, -0.15) is 4.98 Å². The van der Waals surface area contributed by atoms with E-state index in [1.165, 1.54) is 17.0 Å². The van der Waals surface area contributed by atoms with E-state index in [2.05, 4.69) is 32.4 Å². The van der Waals surface area contributed by atoms with E-state index in [-0.39, 0.29) is 17.6 Å². The van der Waals surface area contributed by atoms with Gasteiger partial charge in [0.2, 0.25) is 5.95 Å². The van der Waals surface area contributed by atoms with Crippen molar-refractivity contribution in [2.24, 2.45) is 0 Å². The fraction of sp³-hybridized carbons (Fsp3) is 0.167. The normalized spacial score (nSPS) is 12.2. The second-order valence-corrected chi connectivity index (χ2v) is 7.05. The summed E-state index contributed by atoms with van der Waals surface area (Å²) in [5, 5.41) is 5.93. The summed E-state index contributed by atoms with van der Waals surface area (Å²) in [5.74, 6) is 6.03. The highest BCUT2D eigenvalue weighted by atomic mass is 19.1. The maximum atomic E-state index is 13.3. The molecule has 0 spiro atoms. The number of anilines is 3. The van der Waals surface area contributed by atoms with Crippen LogP contribution in [0.25, 0.3) is 0 Å². The molecule has 2 heterocycles. The van der Waals surface area contributed by atoms with Crippen molar-refractivity contribution < 1.29 is 14.0 Å². The number of halogens is 1. The molecule has 0 unspecified atom stereocenters. The molecule has 32 heavy (non-hydrogen) atoms. The lowest BCUT2D eigenvalue weighted by Crippen LogP contribution is -2.30. The van der Waals surface area contributed by atoms with Gasteiger partial charge < -0.3 is 10.6 Å². The molecule has 1 aliphatic heterocycles. The molecule has 0 aliphatic carbocycles. The van der Waals surface area contributed by atoms with Crippen LogP contribution in [0.2, 0.25) is 0 Å². The summed E-state index contributed by atoms with van der Waals surface area (Å²) >= 11 is 0. The van der Waals surface area contributed by atoms with Crippen LogP contribution in [0.3, 0.4) is 0 Å². The van der Waals surface area contributed by atoms with Gasteiger partial charge in [-0.15, -0.1) is 0 Å². The molecular weight excluding hydrogens is 409 g/mol. The van der Waals surface area contributed by atoms with E-state index in [0.717, 1.165) is 0 Å². The van der Waals surface area contributed by atoms with Crippen molar-refractivity contribution in [1.82, 2.24) is 14.9 Å². The number of aromatic nitrogens is 2. The predicted molar refractivity (Wildman–Crippen MR) is 119 cm³/mol. The Labute approximate surface area is 184 Å². The summed E-state index contributed by atoms with van der Waals surface area (Å²) in [6.07, 6.45) is 2.64. The van der Waals surface area contributed by atoms with E-state index in [1.807, 2.05) is 0 Å². The number of carbonyl (C=O) groups excluding carboxylic acids is 2. The molecule has 8 heteroatoms. The van der Waals surface area contributed by atoms with Crippen molar-refractivity contribution in [2.45, 2.75) is 12.8 Å². The monoisotopic (exact) mass is 429 g/mol. The van der Waals surface area contributed by atoms with Crippen LogP contribution in [0.4, 0.5) is 21.8 Å². The number of unbranched alkanes of at least 4 members (excludes halogenated alkanes) is 1. The van der Waals surface area contributed by atoms with Crippen LogP contribution in [0.1, 0.15) is 39.1 Å². The lowest BCUT2D eigenvalue weighted by molar-refractivity contribution is 0.0653. The zero-order valence-corrected chi connectivity index (χ0v) is 17.4. The minimum Gasteiger partial charge on any atom is -0.372 e. The second kappa shape index (κ2) is 9.27. The molecule has 1 aromatic heterocycles. The Hall–Kier alpha value is -4.25. The fourth-order valence-corrected chi connectivity index (χ4v) is 3.34. The van der Waals surface area contributed by atoms with E-state index >= 15 is 0 Å². The summed E-state index contributed by atoms with van der Waals surface area (Å²) in [5.41, 5.74) is 2.05. The van der Waals surface area contributed by atoms with Gasteiger partial charge in [0.05, 0.1) is 22.9 Å². The maximum Gasteiger partial charge on any atom is 0.261 e. The number of amides is 2. The Morgan fingerprint density at radius 1 is 1.06 bits per heavy atom. The van der Waals surface area contributed by atoms with E-state index in [9.17, 15) is 14.0 Å². The topological polar surface area (TPSA) is 87.2 Å². The van der Waals surface area contributed by atoms with Gasteiger partial charge in [-0.1, -0.05) is 30.0 Å². The molecule has 2 aromatic carbocycles. The molecule has 0 saturated heterocycles. The largest absolute Gasteiger partial charge is 0.372 e. The molecule has 160 valence electrons. The molecule has 1 aliphatic rings. The quantitative estimate of drug-likeness (QED) is 0.352. The van der Waals surface area contributed by atoms with Gasteiger partial charge >= 0.3 is 0 Å². The molecule has 0 saturated carbocycles. The van der Waals surface area contributed by atoms with Gasteiger partial charge in [-0.05, 0) is 36.8 Å². The number of benzene rings is 2. The third-order valence-corrected chi connectivity index (χ3v) is 4.89. The first-order valence-corrected chi connectivity index (χ1v) is 10.1. The van der Waals surface area contributed by atoms with Crippen molar-refractivity contribution in [3.63, 3.8) is 0 Å². The first-order valence-electron chi connectivity index (χ1n) is 10.1. The van der Waals surface area contributed by atoms with Gasteiger partial charge in [-0.25, -0.2) is 9.37 Å². The first-order chi connectivity index (χ1) is 15.6. The molecule has 0 atom stereocenters. The summed E-state index contributed by atoms with van der Waals surface area (Å²) in [4.78, 5) is 34.6. The lowest BCUT2D eigenvalue weighted by Gasteiger charge is -2.12. The Morgan fingerprint density at radius 2 is 1.81 bits per heavy atom. The van der Waals surface area contributed by atoms with E-state index in [0.29, 0.717) is 53.5 Å². The van der Waals surface area contributed by atoms with Gasteiger partial charge in [0, 0.05) is 25.7 Å². The van der Waals surface area contributed by atoms with Gasteiger partial charge in [-0.3, -0.25) is 14.5 Å². The predicted octanol–water partition coefficient (Wildman–Crippen LogP) is 3.83. The minimum absolute atomic E-state index is 0.259. The van der Waals surface area contributed by atoms with E-state index in [1.54, 1.807) is 49.6 Å². The van der Waals surface area contributed by atoms with E-state index < -0.39 is 0 Å². The highest BCUT2D eigenvalue weighted by Gasteiger charge is 2.34. The smallest absolute Gasteiger partial charge is 0.261 e. The zero-order chi connectivity index (χ0) is 22.5. The van der Waals surface area contributed by atoms with E-state index in [4.69, 9.17) is 0 Å². The SMILES string of the molecule is CNc1nc(Nc2cccc(F)c2)ncc1C#CCCCN1C(=O)c2ccccc2C1=O. The van der Waals surface area contributed by atoms with Crippen molar-refractivity contribution in [1.29, 1.82) is 0 Å². The van der Waals surface area contributed by atoms with Crippen LogP contribution in [0, 0.1) is 17.7 Å². The van der Waals surface area contributed by atoms with Crippen LogP contribution in [-0.4, -0.2) is 40.3 Å². The van der Waals surface area contributed by atoms with Gasteiger partial charge in [0.25, 0.3) is 11.8 Å². The number of nitrogens with one attached hydrogen (secondary N) is 2. The maximum absolute atomic E-state index is 13.3. The molecule has 0 fully saturated rings. The highest BCUT2D eigenvalue weighted by Crippen LogP contribution is 2.22. The zero-order valence-electron chi connectivity index (χ0n) is 17.4. The van der Waals surface area contributed by atoms with Crippen LogP contribution in [0.15, 0.2) is 54.7 Å². The van der Waals surface area contributed by atoms with Gasteiger partial charge in [0.1, 0.15) is 11.6 Å². The Kier molecular flexibility index (Phi) is 6.08. The third kappa shape index (κ3) is 4.42. The summed E-state index contributed by atoms with van der Waals surface area (Å²) in [6.45, 7) is 0.312. The Morgan fingerprint density at radius 3 is 2.50 bits per heavy atom.